The van der Waals surface area contributed by atoms with E-state index < -0.39 is 0 Å². The van der Waals surface area contributed by atoms with E-state index in [2.05, 4.69) is 44.5 Å². The third-order valence-corrected chi connectivity index (χ3v) is 7.14. The number of benzene rings is 2. The lowest BCUT2D eigenvalue weighted by atomic mass is 9.99. The summed E-state index contributed by atoms with van der Waals surface area (Å²) in [4.78, 5) is 26.1. The van der Waals surface area contributed by atoms with E-state index >= 15 is 0 Å². The molecule has 1 aliphatic heterocycles. The van der Waals surface area contributed by atoms with Gasteiger partial charge in [0, 0.05) is 13.1 Å². The molecule has 1 aliphatic rings. The number of hydrogen-bond acceptors (Lipinski definition) is 6. The monoisotopic (exact) mass is 444 g/mol. The van der Waals surface area contributed by atoms with Crippen LogP contribution in [0.25, 0.3) is 10.2 Å². The summed E-state index contributed by atoms with van der Waals surface area (Å²) in [6.07, 6.45) is 2.57. The number of thiophene rings is 1. The van der Waals surface area contributed by atoms with Crippen molar-refractivity contribution in [1.29, 1.82) is 0 Å². The van der Waals surface area contributed by atoms with E-state index in [1.54, 1.807) is 13.4 Å². The quantitative estimate of drug-likeness (QED) is 0.473. The predicted molar refractivity (Wildman–Crippen MR) is 129 cm³/mol. The normalized spacial score (nSPS) is 13.2. The van der Waals surface area contributed by atoms with Crippen LogP contribution in [0.5, 0.6) is 5.75 Å². The molecular formula is C25H24N4O2S. The van der Waals surface area contributed by atoms with E-state index in [1.807, 2.05) is 32.0 Å². The lowest BCUT2D eigenvalue weighted by Gasteiger charge is -2.30. The number of aromatic nitrogens is 2. The van der Waals surface area contributed by atoms with Crippen molar-refractivity contribution in [3.63, 3.8) is 0 Å². The highest BCUT2D eigenvalue weighted by atomic mass is 32.1. The van der Waals surface area contributed by atoms with Gasteiger partial charge in [-0.05, 0) is 54.7 Å². The van der Waals surface area contributed by atoms with Gasteiger partial charge in [0.15, 0.2) is 0 Å². The van der Waals surface area contributed by atoms with Gasteiger partial charge in [0.05, 0.1) is 23.1 Å². The summed E-state index contributed by atoms with van der Waals surface area (Å²) in [7, 11) is 1.60. The fourth-order valence-electron chi connectivity index (χ4n) is 4.28. The first kappa shape index (κ1) is 20.5. The van der Waals surface area contributed by atoms with Gasteiger partial charge in [-0.1, -0.05) is 30.3 Å². The SMILES string of the molecule is COc1ccc(C)cc1NC(=O)c1sc2ncnc(N3CCc4ccccc4C3)c2c1C. The number of methoxy groups -OCH3 is 1. The molecule has 0 saturated carbocycles. The maximum atomic E-state index is 13.2. The van der Waals surface area contributed by atoms with Crippen LogP contribution >= 0.6 is 11.3 Å². The van der Waals surface area contributed by atoms with Gasteiger partial charge in [0.1, 0.15) is 22.7 Å². The maximum Gasteiger partial charge on any atom is 0.266 e. The van der Waals surface area contributed by atoms with Crippen molar-refractivity contribution in [3.05, 3.63) is 75.9 Å². The molecule has 32 heavy (non-hydrogen) atoms. The molecule has 4 aromatic rings. The molecule has 7 heteroatoms. The average Bonchev–Trinajstić information content (AvgIpc) is 3.16. The Balaban J connectivity index is 1.50. The highest BCUT2D eigenvalue weighted by Crippen LogP contribution is 2.37. The topological polar surface area (TPSA) is 67.3 Å². The Morgan fingerprint density at radius 1 is 1.12 bits per heavy atom. The highest BCUT2D eigenvalue weighted by Gasteiger charge is 2.24. The Kier molecular flexibility index (Phi) is 5.27. The van der Waals surface area contributed by atoms with E-state index in [9.17, 15) is 4.79 Å². The van der Waals surface area contributed by atoms with Gasteiger partial charge in [0.25, 0.3) is 5.91 Å². The second-order valence-electron chi connectivity index (χ2n) is 8.03. The van der Waals surface area contributed by atoms with E-state index in [4.69, 9.17) is 4.74 Å². The van der Waals surface area contributed by atoms with E-state index in [1.165, 1.54) is 22.5 Å². The molecule has 6 nitrogen and oxygen atoms in total. The van der Waals surface area contributed by atoms with Crippen molar-refractivity contribution in [2.45, 2.75) is 26.8 Å². The molecule has 1 amide bonds. The molecule has 1 N–H and O–H groups in total. The molecule has 0 spiro atoms. The molecule has 0 unspecified atom stereocenters. The number of fused-ring (bicyclic) bond motifs is 2. The first-order valence-electron chi connectivity index (χ1n) is 10.6. The summed E-state index contributed by atoms with van der Waals surface area (Å²) in [6.45, 7) is 5.66. The van der Waals surface area contributed by atoms with Gasteiger partial charge >= 0.3 is 0 Å². The summed E-state index contributed by atoms with van der Waals surface area (Å²) in [5, 5.41) is 3.97. The minimum Gasteiger partial charge on any atom is -0.495 e. The number of anilines is 2. The van der Waals surface area contributed by atoms with Crippen LogP contribution in [-0.4, -0.2) is 29.5 Å². The summed E-state index contributed by atoms with van der Waals surface area (Å²) in [5.41, 5.74) is 5.33. The zero-order chi connectivity index (χ0) is 22.2. The Morgan fingerprint density at radius 2 is 1.94 bits per heavy atom. The lowest BCUT2D eigenvalue weighted by Crippen LogP contribution is -2.31. The minimum atomic E-state index is -0.163. The average molecular weight is 445 g/mol. The molecule has 0 bridgehead atoms. The number of ether oxygens (including phenoxy) is 1. The third-order valence-electron chi connectivity index (χ3n) is 5.95. The van der Waals surface area contributed by atoms with Crippen LogP contribution in [0.4, 0.5) is 11.5 Å². The molecule has 2 aromatic heterocycles. The molecule has 0 atom stereocenters. The number of amides is 1. The first-order chi connectivity index (χ1) is 15.5. The number of carbonyl (C=O) groups is 1. The number of carbonyl (C=O) groups excluding carboxylic acids is 1. The molecule has 0 radical (unpaired) electrons. The van der Waals surface area contributed by atoms with Crippen LogP contribution in [0.2, 0.25) is 0 Å². The summed E-state index contributed by atoms with van der Waals surface area (Å²) >= 11 is 1.40. The molecule has 0 saturated heterocycles. The predicted octanol–water partition coefficient (Wildman–Crippen LogP) is 5.13. The van der Waals surface area contributed by atoms with Crippen LogP contribution in [0, 0.1) is 13.8 Å². The number of nitrogens with zero attached hydrogens (tertiary/aromatic N) is 3. The molecule has 162 valence electrons. The van der Waals surface area contributed by atoms with Crippen molar-refractivity contribution in [1.82, 2.24) is 9.97 Å². The van der Waals surface area contributed by atoms with Crippen molar-refractivity contribution in [2.75, 3.05) is 23.9 Å². The number of hydrogen-bond donors (Lipinski definition) is 1. The van der Waals surface area contributed by atoms with Crippen LogP contribution in [-0.2, 0) is 13.0 Å². The summed E-state index contributed by atoms with van der Waals surface area (Å²) < 4.78 is 5.41. The minimum absolute atomic E-state index is 0.163. The van der Waals surface area contributed by atoms with E-state index in [-0.39, 0.29) is 5.91 Å². The van der Waals surface area contributed by atoms with Gasteiger partial charge in [0.2, 0.25) is 0 Å². The molecule has 5 rings (SSSR count). The summed E-state index contributed by atoms with van der Waals surface area (Å²) in [5.74, 6) is 1.37. The molecule has 0 aliphatic carbocycles. The van der Waals surface area contributed by atoms with Crippen LogP contribution in [0.15, 0.2) is 48.8 Å². The van der Waals surface area contributed by atoms with E-state index in [0.29, 0.717) is 16.3 Å². The van der Waals surface area contributed by atoms with Crippen molar-refractivity contribution < 1.29 is 9.53 Å². The zero-order valence-corrected chi connectivity index (χ0v) is 19.1. The number of rotatable bonds is 4. The molecule has 2 aromatic carbocycles. The second-order valence-corrected chi connectivity index (χ2v) is 9.03. The van der Waals surface area contributed by atoms with Crippen molar-refractivity contribution in [2.24, 2.45) is 0 Å². The lowest BCUT2D eigenvalue weighted by molar-refractivity contribution is 0.102. The molecule has 3 heterocycles. The van der Waals surface area contributed by atoms with Gasteiger partial charge < -0.3 is 15.0 Å². The standard InChI is InChI=1S/C25H24N4O2S/c1-15-8-9-20(31-3)19(12-15)28-24(30)22-16(2)21-23(26-14-27-25(21)32-22)29-11-10-17-6-4-5-7-18(17)13-29/h4-9,12,14H,10-11,13H2,1-3H3,(H,28,30). The Hall–Kier alpha value is -3.45. The molecular weight excluding hydrogens is 420 g/mol. The number of aryl methyl sites for hydroxylation is 2. The van der Waals surface area contributed by atoms with Gasteiger partial charge in [-0.3, -0.25) is 4.79 Å². The Labute approximate surface area is 190 Å². The van der Waals surface area contributed by atoms with Crippen molar-refractivity contribution >= 4 is 39.0 Å². The first-order valence-corrected chi connectivity index (χ1v) is 11.4. The van der Waals surface area contributed by atoms with Crippen LogP contribution in [0.1, 0.15) is 31.9 Å². The van der Waals surface area contributed by atoms with Gasteiger partial charge in [-0.15, -0.1) is 11.3 Å². The summed E-state index contributed by atoms with van der Waals surface area (Å²) in [6, 6.07) is 14.3. The van der Waals surface area contributed by atoms with Gasteiger partial charge in [-0.2, -0.15) is 0 Å². The Bertz CT molecular complexity index is 1330. The molecule has 0 fully saturated rings. The second kappa shape index (κ2) is 8.24. The van der Waals surface area contributed by atoms with Gasteiger partial charge in [-0.25, -0.2) is 9.97 Å². The fourth-order valence-corrected chi connectivity index (χ4v) is 5.32. The largest absolute Gasteiger partial charge is 0.495 e. The fraction of sp³-hybridized carbons (Fsp3) is 0.240. The highest BCUT2D eigenvalue weighted by molar-refractivity contribution is 7.20. The van der Waals surface area contributed by atoms with Crippen molar-refractivity contribution in [3.8, 4) is 5.75 Å². The smallest absolute Gasteiger partial charge is 0.266 e. The Morgan fingerprint density at radius 3 is 2.75 bits per heavy atom. The maximum absolute atomic E-state index is 13.2. The third kappa shape index (κ3) is 3.58. The zero-order valence-electron chi connectivity index (χ0n) is 18.3. The van der Waals surface area contributed by atoms with Crippen LogP contribution < -0.4 is 15.0 Å². The van der Waals surface area contributed by atoms with Crippen LogP contribution in [0.3, 0.4) is 0 Å². The van der Waals surface area contributed by atoms with E-state index in [0.717, 1.165) is 46.7 Å². The number of nitrogens with one attached hydrogen (secondary N) is 1.